The predicted molar refractivity (Wildman–Crippen MR) is 48.4 cm³/mol. The summed E-state index contributed by atoms with van der Waals surface area (Å²) in [5.41, 5.74) is 0. The van der Waals surface area contributed by atoms with Gasteiger partial charge in [0.25, 0.3) is 0 Å². The zero-order valence-electron chi connectivity index (χ0n) is 7.09. The molecule has 7 heteroatoms. The van der Waals surface area contributed by atoms with Crippen LogP contribution in [0.4, 0.5) is 13.2 Å². The molecule has 0 saturated carbocycles. The van der Waals surface area contributed by atoms with Gasteiger partial charge >= 0.3 is 6.36 Å². The van der Waals surface area contributed by atoms with Crippen molar-refractivity contribution in [2.45, 2.75) is 11.4 Å². The summed E-state index contributed by atoms with van der Waals surface area (Å²) in [6, 6.07) is 0. The van der Waals surface area contributed by atoms with Crippen LogP contribution in [0.1, 0.15) is 0 Å². The van der Waals surface area contributed by atoms with E-state index in [1.165, 1.54) is 0 Å². The molecule has 15 heavy (non-hydrogen) atoms. The molecule has 0 saturated heterocycles. The van der Waals surface area contributed by atoms with Crippen LogP contribution in [0, 0.1) is 5.92 Å². The maximum Gasteiger partial charge on any atom is 0.524 e. The number of halogens is 5. The largest absolute Gasteiger partial charge is 0.524 e. The van der Waals surface area contributed by atoms with Crippen molar-refractivity contribution in [1.82, 2.24) is 0 Å². The lowest BCUT2D eigenvalue weighted by Gasteiger charge is -2.24. The Bertz CT molecular complexity index is 308. The second kappa shape index (κ2) is 4.15. The van der Waals surface area contributed by atoms with Crippen LogP contribution in [0.15, 0.2) is 24.3 Å². The Balaban J connectivity index is 2.73. The lowest BCUT2D eigenvalue weighted by Crippen LogP contribution is -2.31. The second-order valence-electron chi connectivity index (χ2n) is 2.79. The standard InChI is InChI=1S/C8H5Cl2F3O2/c9-6(14)5-1-3-7(10,4-2-5)15-8(11,12)13/h1-5H. The van der Waals surface area contributed by atoms with Gasteiger partial charge in [0, 0.05) is 0 Å². The van der Waals surface area contributed by atoms with Crippen molar-refractivity contribution in [1.29, 1.82) is 0 Å². The number of alkyl halides is 4. The molecule has 0 amide bonds. The van der Waals surface area contributed by atoms with Gasteiger partial charge in [0.2, 0.25) is 5.24 Å². The predicted octanol–water partition coefficient (Wildman–Crippen LogP) is 2.97. The highest BCUT2D eigenvalue weighted by Crippen LogP contribution is 2.34. The fourth-order valence-electron chi connectivity index (χ4n) is 0.986. The maximum absolute atomic E-state index is 11.9. The molecule has 0 aromatic rings. The highest BCUT2D eigenvalue weighted by molar-refractivity contribution is 6.64. The maximum atomic E-state index is 11.9. The second-order valence-corrected chi connectivity index (χ2v) is 3.76. The summed E-state index contributed by atoms with van der Waals surface area (Å²) in [6.45, 7) is 0. The summed E-state index contributed by atoms with van der Waals surface area (Å²) in [4.78, 5) is 10.7. The third kappa shape index (κ3) is 3.85. The molecule has 1 aliphatic carbocycles. The topological polar surface area (TPSA) is 26.3 Å². The first-order valence-corrected chi connectivity index (χ1v) is 4.51. The molecular weight excluding hydrogens is 256 g/mol. The van der Waals surface area contributed by atoms with Crippen molar-refractivity contribution in [3.63, 3.8) is 0 Å². The smallest absolute Gasteiger partial charge is 0.280 e. The third-order valence-electron chi connectivity index (χ3n) is 1.60. The van der Waals surface area contributed by atoms with Crippen LogP contribution in [0.2, 0.25) is 0 Å². The minimum Gasteiger partial charge on any atom is -0.280 e. The molecule has 1 rings (SSSR count). The van der Waals surface area contributed by atoms with E-state index >= 15 is 0 Å². The molecule has 0 atom stereocenters. The molecular formula is C8H5Cl2F3O2. The van der Waals surface area contributed by atoms with Gasteiger partial charge in [0.05, 0.1) is 5.92 Å². The zero-order valence-corrected chi connectivity index (χ0v) is 8.60. The van der Waals surface area contributed by atoms with Gasteiger partial charge in [0.15, 0.2) is 5.06 Å². The monoisotopic (exact) mass is 260 g/mol. The van der Waals surface area contributed by atoms with Gasteiger partial charge in [0.1, 0.15) is 0 Å². The highest BCUT2D eigenvalue weighted by Gasteiger charge is 2.40. The van der Waals surface area contributed by atoms with Crippen LogP contribution in [-0.2, 0) is 9.53 Å². The first-order chi connectivity index (χ1) is 6.72. The number of carbonyl (C=O) groups excluding carboxylic acids is 1. The normalized spacial score (nSPS) is 30.6. The summed E-state index contributed by atoms with van der Waals surface area (Å²) in [6.07, 6.45) is -0.712. The number of carbonyl (C=O) groups is 1. The quantitative estimate of drug-likeness (QED) is 0.434. The first kappa shape index (κ1) is 12.5. The number of rotatable bonds is 2. The van der Waals surface area contributed by atoms with Crippen LogP contribution in [0.25, 0.3) is 0 Å². The Morgan fingerprint density at radius 1 is 1.33 bits per heavy atom. The minimum absolute atomic E-state index is 0.701. The Kier molecular flexibility index (Phi) is 3.48. The van der Waals surface area contributed by atoms with E-state index in [2.05, 4.69) is 4.74 Å². The summed E-state index contributed by atoms with van der Waals surface area (Å²) in [5.74, 6) is -0.768. The van der Waals surface area contributed by atoms with Gasteiger partial charge in [-0.25, -0.2) is 0 Å². The van der Waals surface area contributed by atoms with E-state index in [1.54, 1.807) is 0 Å². The van der Waals surface area contributed by atoms with Crippen LogP contribution in [0.3, 0.4) is 0 Å². The van der Waals surface area contributed by atoms with Gasteiger partial charge < -0.3 is 0 Å². The van der Waals surface area contributed by atoms with Crippen molar-refractivity contribution >= 4 is 28.4 Å². The van der Waals surface area contributed by atoms with Crippen molar-refractivity contribution in [2.24, 2.45) is 5.92 Å². The molecule has 0 aromatic heterocycles. The molecule has 0 radical (unpaired) electrons. The average molecular weight is 261 g/mol. The molecule has 84 valence electrons. The molecule has 0 heterocycles. The summed E-state index contributed by atoms with van der Waals surface area (Å²) in [5, 5.41) is -2.80. The van der Waals surface area contributed by atoms with Crippen molar-refractivity contribution < 1.29 is 22.7 Å². The lowest BCUT2D eigenvalue weighted by atomic mass is 10.0. The summed E-state index contributed by atoms with van der Waals surface area (Å²) < 4.78 is 39.3. The van der Waals surface area contributed by atoms with Crippen molar-refractivity contribution in [3.8, 4) is 0 Å². The van der Waals surface area contributed by atoms with E-state index < -0.39 is 22.6 Å². The number of allylic oxidation sites excluding steroid dienone is 2. The van der Waals surface area contributed by atoms with Crippen LogP contribution >= 0.6 is 23.2 Å². The fraction of sp³-hybridized carbons (Fsp3) is 0.375. The molecule has 2 nitrogen and oxygen atoms in total. The van der Waals surface area contributed by atoms with Crippen LogP contribution < -0.4 is 0 Å². The van der Waals surface area contributed by atoms with Crippen molar-refractivity contribution in [3.05, 3.63) is 24.3 Å². The molecule has 0 bridgehead atoms. The minimum atomic E-state index is -4.85. The third-order valence-corrected chi connectivity index (χ3v) is 2.18. The van der Waals surface area contributed by atoms with Gasteiger partial charge in [-0.3, -0.25) is 9.53 Å². The van der Waals surface area contributed by atoms with Crippen LogP contribution in [0.5, 0.6) is 0 Å². The molecule has 0 N–H and O–H groups in total. The Morgan fingerprint density at radius 3 is 2.13 bits per heavy atom. The van der Waals surface area contributed by atoms with Crippen LogP contribution in [-0.4, -0.2) is 16.7 Å². The van der Waals surface area contributed by atoms with Crippen molar-refractivity contribution in [2.75, 3.05) is 0 Å². The molecule has 0 fully saturated rings. The SMILES string of the molecule is O=C(Cl)C1C=CC(Cl)(OC(F)(F)F)C=C1. The Morgan fingerprint density at radius 2 is 1.80 bits per heavy atom. The van der Waals surface area contributed by atoms with E-state index in [4.69, 9.17) is 23.2 Å². The van der Waals surface area contributed by atoms with Gasteiger partial charge in [-0.1, -0.05) is 23.8 Å². The van der Waals surface area contributed by atoms with Gasteiger partial charge in [-0.05, 0) is 23.8 Å². The van der Waals surface area contributed by atoms with Gasteiger partial charge in [-0.15, -0.1) is 13.2 Å². The lowest BCUT2D eigenvalue weighted by molar-refractivity contribution is -0.338. The van der Waals surface area contributed by atoms with E-state index in [9.17, 15) is 18.0 Å². The van der Waals surface area contributed by atoms with E-state index in [1.807, 2.05) is 0 Å². The first-order valence-electron chi connectivity index (χ1n) is 3.76. The van der Waals surface area contributed by atoms with E-state index in [0.717, 1.165) is 24.3 Å². The number of hydrogen-bond donors (Lipinski definition) is 0. The molecule has 0 aromatic carbocycles. The number of hydrogen-bond acceptors (Lipinski definition) is 2. The summed E-state index contributed by atoms with van der Waals surface area (Å²) in [7, 11) is 0. The van der Waals surface area contributed by atoms with E-state index in [-0.39, 0.29) is 0 Å². The fourth-order valence-corrected chi connectivity index (χ4v) is 1.36. The Hall–Kier alpha value is -0.520. The Labute approximate surface area is 93.3 Å². The van der Waals surface area contributed by atoms with E-state index in [0.29, 0.717) is 0 Å². The molecule has 0 spiro atoms. The van der Waals surface area contributed by atoms with Gasteiger partial charge in [-0.2, -0.15) is 0 Å². The zero-order chi connectivity index (χ0) is 11.7. The molecule has 1 aliphatic rings. The number of ether oxygens (including phenoxy) is 1. The molecule has 0 aliphatic heterocycles. The summed E-state index contributed by atoms with van der Waals surface area (Å²) >= 11 is 10.6. The average Bonchev–Trinajstić information content (AvgIpc) is 2.00. The molecule has 0 unspecified atom stereocenters. The highest BCUT2D eigenvalue weighted by atomic mass is 35.5.